The molecule has 0 aromatic heterocycles. The lowest BCUT2D eigenvalue weighted by molar-refractivity contribution is 0.121. The molecule has 11 heavy (non-hydrogen) atoms. The van der Waals surface area contributed by atoms with Crippen molar-refractivity contribution in [1.29, 1.82) is 0 Å². The summed E-state index contributed by atoms with van der Waals surface area (Å²) in [6, 6.07) is 0. The van der Waals surface area contributed by atoms with Crippen molar-refractivity contribution < 1.29 is 5.11 Å². The molecule has 0 saturated heterocycles. The predicted molar refractivity (Wildman–Crippen MR) is 49.6 cm³/mol. The van der Waals surface area contributed by atoms with Gasteiger partial charge in [0, 0.05) is 6.61 Å². The Balaban J connectivity index is 3.76. The van der Waals surface area contributed by atoms with Crippen molar-refractivity contribution in [2.24, 2.45) is 11.3 Å². The third-order valence-corrected chi connectivity index (χ3v) is 2.35. The average Bonchev–Trinajstić information content (AvgIpc) is 1.87. The van der Waals surface area contributed by atoms with Crippen molar-refractivity contribution in [2.75, 3.05) is 6.61 Å². The lowest BCUT2D eigenvalue weighted by Crippen LogP contribution is -2.23. The van der Waals surface area contributed by atoms with Crippen LogP contribution in [0.15, 0.2) is 0 Å². The average molecular weight is 158 g/mol. The summed E-state index contributed by atoms with van der Waals surface area (Å²) >= 11 is 0. The zero-order chi connectivity index (χ0) is 8.91. The number of aliphatic hydroxyl groups excluding tert-OH is 1. The Kier molecular flexibility index (Phi) is 4.74. The topological polar surface area (TPSA) is 20.2 Å². The molecule has 0 bridgehead atoms. The largest absolute Gasteiger partial charge is 0.396 e. The van der Waals surface area contributed by atoms with Gasteiger partial charge < -0.3 is 5.11 Å². The highest BCUT2D eigenvalue weighted by Crippen LogP contribution is 2.29. The Bertz CT molecular complexity index is 91.5. The second-order valence-electron chi connectivity index (χ2n) is 4.39. The lowest BCUT2D eigenvalue weighted by Gasteiger charge is -2.28. The van der Waals surface area contributed by atoms with E-state index < -0.39 is 0 Å². The molecule has 0 aliphatic carbocycles. The number of aliphatic hydroxyl groups is 1. The highest BCUT2D eigenvalue weighted by atomic mass is 16.3. The third-order valence-electron chi connectivity index (χ3n) is 2.35. The summed E-state index contributed by atoms with van der Waals surface area (Å²) in [6.07, 6.45) is 3.63. The molecule has 1 N–H and O–H groups in total. The normalized spacial score (nSPS) is 15.0. The maximum Gasteiger partial charge on any atom is 0.0464 e. The van der Waals surface area contributed by atoms with E-state index in [2.05, 4.69) is 27.7 Å². The van der Waals surface area contributed by atoms with E-state index in [1.54, 1.807) is 0 Å². The lowest BCUT2D eigenvalue weighted by atomic mass is 9.78. The first-order valence-electron chi connectivity index (χ1n) is 4.63. The van der Waals surface area contributed by atoms with Gasteiger partial charge in [0.1, 0.15) is 0 Å². The molecular formula is C10H22O. The molecule has 0 aromatic carbocycles. The molecule has 68 valence electrons. The SMILES string of the molecule is CCCC[C@@H](CO)C(C)(C)C. The number of unbranched alkanes of at least 4 members (excludes halogenated alkanes) is 1. The minimum absolute atomic E-state index is 0.268. The van der Waals surface area contributed by atoms with Crippen LogP contribution in [0, 0.1) is 11.3 Å². The minimum atomic E-state index is 0.268. The molecule has 0 radical (unpaired) electrons. The molecule has 0 rings (SSSR count). The number of hydrogen-bond donors (Lipinski definition) is 1. The van der Waals surface area contributed by atoms with Crippen LogP contribution in [0.5, 0.6) is 0 Å². The molecular weight excluding hydrogens is 136 g/mol. The quantitative estimate of drug-likeness (QED) is 0.667. The minimum Gasteiger partial charge on any atom is -0.396 e. The Labute approximate surface area is 70.8 Å². The van der Waals surface area contributed by atoms with Crippen molar-refractivity contribution in [3.05, 3.63) is 0 Å². The van der Waals surface area contributed by atoms with Crippen LogP contribution in [-0.4, -0.2) is 11.7 Å². The van der Waals surface area contributed by atoms with Gasteiger partial charge in [0.2, 0.25) is 0 Å². The van der Waals surface area contributed by atoms with Crippen LogP contribution in [0.2, 0.25) is 0 Å². The van der Waals surface area contributed by atoms with Crippen LogP contribution < -0.4 is 0 Å². The Morgan fingerprint density at radius 2 is 1.82 bits per heavy atom. The van der Waals surface area contributed by atoms with Crippen LogP contribution in [0.4, 0.5) is 0 Å². The summed E-state index contributed by atoms with van der Waals surface area (Å²) in [4.78, 5) is 0. The molecule has 0 fully saturated rings. The van der Waals surface area contributed by atoms with Gasteiger partial charge in [0.05, 0.1) is 0 Å². The van der Waals surface area contributed by atoms with Crippen LogP contribution in [0.1, 0.15) is 47.0 Å². The first kappa shape index (κ1) is 11.0. The van der Waals surface area contributed by atoms with Gasteiger partial charge in [-0.15, -0.1) is 0 Å². The Hall–Kier alpha value is -0.0400. The van der Waals surface area contributed by atoms with E-state index in [1.165, 1.54) is 12.8 Å². The Morgan fingerprint density at radius 3 is 2.09 bits per heavy atom. The van der Waals surface area contributed by atoms with E-state index in [0.717, 1.165) is 6.42 Å². The third kappa shape index (κ3) is 4.41. The van der Waals surface area contributed by atoms with Crippen LogP contribution in [0.25, 0.3) is 0 Å². The molecule has 0 saturated carbocycles. The van der Waals surface area contributed by atoms with Gasteiger partial charge in [-0.2, -0.15) is 0 Å². The van der Waals surface area contributed by atoms with Crippen molar-refractivity contribution in [3.8, 4) is 0 Å². The standard InChI is InChI=1S/C10H22O/c1-5-6-7-9(8-11)10(2,3)4/h9,11H,5-8H2,1-4H3/t9-/m0/s1. The van der Waals surface area contributed by atoms with Gasteiger partial charge >= 0.3 is 0 Å². The van der Waals surface area contributed by atoms with Crippen molar-refractivity contribution >= 4 is 0 Å². The molecule has 0 aliphatic rings. The first-order chi connectivity index (χ1) is 5.02. The fraction of sp³-hybridized carbons (Fsp3) is 1.00. The monoisotopic (exact) mass is 158 g/mol. The van der Waals surface area contributed by atoms with Crippen molar-refractivity contribution in [2.45, 2.75) is 47.0 Å². The molecule has 1 atom stereocenters. The maximum atomic E-state index is 9.09. The molecule has 1 heteroatoms. The van der Waals surface area contributed by atoms with Crippen LogP contribution >= 0.6 is 0 Å². The molecule has 0 aliphatic heterocycles. The van der Waals surface area contributed by atoms with Crippen molar-refractivity contribution in [1.82, 2.24) is 0 Å². The second kappa shape index (κ2) is 4.76. The molecule has 0 unspecified atom stereocenters. The molecule has 0 amide bonds. The highest BCUT2D eigenvalue weighted by molar-refractivity contribution is 4.72. The number of rotatable bonds is 4. The van der Waals surface area contributed by atoms with E-state index in [9.17, 15) is 0 Å². The zero-order valence-corrected chi connectivity index (χ0v) is 8.35. The summed E-state index contributed by atoms with van der Waals surface area (Å²) < 4.78 is 0. The van der Waals surface area contributed by atoms with E-state index in [-0.39, 0.29) is 5.41 Å². The van der Waals surface area contributed by atoms with Gasteiger partial charge in [-0.3, -0.25) is 0 Å². The van der Waals surface area contributed by atoms with Gasteiger partial charge in [-0.25, -0.2) is 0 Å². The van der Waals surface area contributed by atoms with Gasteiger partial charge in [0.25, 0.3) is 0 Å². The van der Waals surface area contributed by atoms with Gasteiger partial charge in [-0.1, -0.05) is 40.5 Å². The molecule has 0 heterocycles. The summed E-state index contributed by atoms with van der Waals surface area (Å²) in [5.41, 5.74) is 0.268. The summed E-state index contributed by atoms with van der Waals surface area (Å²) in [5, 5.41) is 9.09. The zero-order valence-electron chi connectivity index (χ0n) is 8.35. The maximum absolute atomic E-state index is 9.09. The first-order valence-corrected chi connectivity index (χ1v) is 4.63. The van der Waals surface area contributed by atoms with E-state index >= 15 is 0 Å². The van der Waals surface area contributed by atoms with Gasteiger partial charge in [-0.05, 0) is 17.8 Å². The fourth-order valence-electron chi connectivity index (χ4n) is 1.25. The molecule has 0 spiro atoms. The van der Waals surface area contributed by atoms with Gasteiger partial charge in [0.15, 0.2) is 0 Å². The van der Waals surface area contributed by atoms with Crippen LogP contribution in [-0.2, 0) is 0 Å². The van der Waals surface area contributed by atoms with E-state index in [4.69, 9.17) is 5.11 Å². The predicted octanol–water partition coefficient (Wildman–Crippen LogP) is 2.83. The summed E-state index contributed by atoms with van der Waals surface area (Å²) in [5.74, 6) is 0.474. The van der Waals surface area contributed by atoms with E-state index in [1.807, 2.05) is 0 Å². The smallest absolute Gasteiger partial charge is 0.0464 e. The van der Waals surface area contributed by atoms with Crippen LogP contribution in [0.3, 0.4) is 0 Å². The molecule has 1 nitrogen and oxygen atoms in total. The van der Waals surface area contributed by atoms with E-state index in [0.29, 0.717) is 12.5 Å². The molecule has 0 aromatic rings. The highest BCUT2D eigenvalue weighted by Gasteiger charge is 2.22. The fourth-order valence-corrected chi connectivity index (χ4v) is 1.25. The number of hydrogen-bond acceptors (Lipinski definition) is 1. The summed E-state index contributed by atoms with van der Waals surface area (Å²) in [6.45, 7) is 9.12. The second-order valence-corrected chi connectivity index (χ2v) is 4.39. The summed E-state index contributed by atoms with van der Waals surface area (Å²) in [7, 11) is 0. The van der Waals surface area contributed by atoms with Crippen molar-refractivity contribution in [3.63, 3.8) is 0 Å². The Morgan fingerprint density at radius 1 is 1.27 bits per heavy atom.